The van der Waals surface area contributed by atoms with E-state index in [1.54, 1.807) is 24.3 Å². The molecule has 1 N–H and O–H groups in total. The fraction of sp³-hybridized carbons (Fsp3) is 0.600. The maximum atomic E-state index is 12.7. The number of nitrogens with one attached hydrogen (secondary N) is 1. The molecule has 0 heterocycles. The number of rotatable bonds is 9. The Hall–Kier alpha value is -1.66. The van der Waals surface area contributed by atoms with Gasteiger partial charge in [-0.25, -0.2) is 4.39 Å². The molecule has 7 heteroatoms. The highest BCUT2D eigenvalue weighted by Gasteiger charge is 2.68. The number of hydrogen-bond donors (Lipinski definition) is 1. The molecule has 0 saturated heterocycles. The van der Waals surface area contributed by atoms with Gasteiger partial charge in [-0.1, -0.05) is 11.6 Å². The molecule has 5 nitrogen and oxygen atoms in total. The maximum absolute atomic E-state index is 12.7. The van der Waals surface area contributed by atoms with Crippen LogP contribution in [0.4, 0.5) is 4.39 Å². The van der Waals surface area contributed by atoms with Crippen molar-refractivity contribution in [3.63, 3.8) is 0 Å². The van der Waals surface area contributed by atoms with E-state index < -0.39 is 6.17 Å². The highest BCUT2D eigenvalue weighted by atomic mass is 35.5. The molecule has 0 unspecified atom stereocenters. The molecule has 4 fully saturated rings. The second-order valence-electron chi connectivity index (χ2n) is 8.32. The molecule has 4 saturated carbocycles. The van der Waals surface area contributed by atoms with Crippen molar-refractivity contribution in [1.29, 1.82) is 0 Å². The summed E-state index contributed by atoms with van der Waals surface area (Å²) in [6.45, 7) is 0.0353. The Balaban J connectivity index is 1.13. The zero-order valence-corrected chi connectivity index (χ0v) is 15.8. The van der Waals surface area contributed by atoms with Gasteiger partial charge in [0.2, 0.25) is 0 Å². The quantitative estimate of drug-likeness (QED) is 0.697. The molecule has 1 aromatic rings. The van der Waals surface area contributed by atoms with Crippen molar-refractivity contribution in [1.82, 2.24) is 5.32 Å². The molecule has 146 valence electrons. The predicted octanol–water partition coefficient (Wildman–Crippen LogP) is 3.23. The van der Waals surface area contributed by atoms with E-state index in [1.165, 1.54) is 0 Å². The highest BCUT2D eigenvalue weighted by Crippen LogP contribution is 2.69. The number of ketones is 1. The minimum absolute atomic E-state index is 0.0208. The lowest BCUT2D eigenvalue weighted by Crippen LogP contribution is -2.75. The smallest absolute Gasteiger partial charge is 0.258 e. The molecule has 2 bridgehead atoms. The van der Waals surface area contributed by atoms with E-state index >= 15 is 0 Å². The number of benzene rings is 1. The van der Waals surface area contributed by atoms with Crippen LogP contribution in [0.1, 0.15) is 38.5 Å². The third-order valence-corrected chi connectivity index (χ3v) is 6.07. The van der Waals surface area contributed by atoms with Gasteiger partial charge >= 0.3 is 0 Å². The van der Waals surface area contributed by atoms with Gasteiger partial charge in [0, 0.05) is 29.8 Å². The van der Waals surface area contributed by atoms with Crippen LogP contribution in [0, 0.1) is 5.41 Å². The Morgan fingerprint density at radius 1 is 1.15 bits per heavy atom. The summed E-state index contributed by atoms with van der Waals surface area (Å²) in [5.74, 6) is 0.515. The van der Waals surface area contributed by atoms with Gasteiger partial charge in [0.05, 0.1) is 6.10 Å². The second-order valence-corrected chi connectivity index (χ2v) is 8.76. The van der Waals surface area contributed by atoms with Crippen LogP contribution in [0.5, 0.6) is 5.75 Å². The molecular weight excluding hydrogens is 373 g/mol. The Bertz CT molecular complexity index is 712. The fourth-order valence-electron chi connectivity index (χ4n) is 4.65. The van der Waals surface area contributed by atoms with E-state index in [4.69, 9.17) is 21.1 Å². The molecule has 4 aliphatic carbocycles. The Labute approximate surface area is 162 Å². The number of carbonyl (C=O) groups excluding carboxylic acids is 2. The normalized spacial score (nSPS) is 33.3. The monoisotopic (exact) mass is 395 g/mol. The molecule has 5 rings (SSSR count). The number of Topliss-reactive ketones (excluding diaryl/α,β-unsaturated/α-hetero) is 1. The van der Waals surface area contributed by atoms with E-state index in [1.807, 2.05) is 0 Å². The lowest BCUT2D eigenvalue weighted by Gasteiger charge is -2.70. The molecule has 0 aliphatic heterocycles. The van der Waals surface area contributed by atoms with E-state index in [0.717, 1.165) is 19.3 Å². The fourth-order valence-corrected chi connectivity index (χ4v) is 4.77. The van der Waals surface area contributed by atoms with Crippen molar-refractivity contribution in [2.45, 2.75) is 56.3 Å². The van der Waals surface area contributed by atoms with Crippen molar-refractivity contribution in [3.05, 3.63) is 29.3 Å². The predicted molar refractivity (Wildman–Crippen MR) is 97.6 cm³/mol. The van der Waals surface area contributed by atoms with Gasteiger partial charge in [-0.2, -0.15) is 0 Å². The largest absolute Gasteiger partial charge is 0.484 e. The zero-order valence-electron chi connectivity index (χ0n) is 15.0. The number of halogens is 2. The molecule has 1 amide bonds. The van der Waals surface area contributed by atoms with Crippen LogP contribution in [0.25, 0.3) is 0 Å². The van der Waals surface area contributed by atoms with Crippen molar-refractivity contribution < 1.29 is 23.5 Å². The number of ether oxygens (including phenoxy) is 2. The standard InChI is InChI=1S/C20H23ClFNO4/c21-13-1-3-16(4-2-13)27-9-18(25)23-20-10-19(11-20,12-20)7-15(24)8-26-17-5-14(22)6-17/h1-4,14,17H,5-12H2,(H,23,25). The highest BCUT2D eigenvalue weighted by molar-refractivity contribution is 6.30. The third kappa shape index (κ3) is 4.11. The van der Waals surface area contributed by atoms with Crippen LogP contribution >= 0.6 is 11.6 Å². The summed E-state index contributed by atoms with van der Waals surface area (Å²) in [7, 11) is 0. The number of amides is 1. The molecule has 0 aromatic heterocycles. The first-order valence-corrected chi connectivity index (χ1v) is 9.70. The minimum Gasteiger partial charge on any atom is -0.484 e. The Morgan fingerprint density at radius 2 is 1.81 bits per heavy atom. The summed E-state index contributed by atoms with van der Waals surface area (Å²) in [4.78, 5) is 24.2. The summed E-state index contributed by atoms with van der Waals surface area (Å²) >= 11 is 5.81. The molecule has 0 atom stereocenters. The van der Waals surface area contributed by atoms with Crippen LogP contribution in [-0.4, -0.2) is 42.7 Å². The van der Waals surface area contributed by atoms with Crippen molar-refractivity contribution in [2.24, 2.45) is 5.41 Å². The van der Waals surface area contributed by atoms with Crippen LogP contribution in [0.3, 0.4) is 0 Å². The first kappa shape index (κ1) is 18.7. The summed E-state index contributed by atoms with van der Waals surface area (Å²) < 4.78 is 23.6. The van der Waals surface area contributed by atoms with Gasteiger partial charge in [-0.3, -0.25) is 9.59 Å². The van der Waals surface area contributed by atoms with Gasteiger partial charge in [0.1, 0.15) is 18.5 Å². The number of alkyl halides is 1. The van der Waals surface area contributed by atoms with Crippen molar-refractivity contribution >= 4 is 23.3 Å². The zero-order chi connectivity index (χ0) is 19.1. The lowest BCUT2D eigenvalue weighted by atomic mass is 9.38. The van der Waals surface area contributed by atoms with Gasteiger partial charge in [-0.15, -0.1) is 0 Å². The molecule has 1 aromatic carbocycles. The maximum Gasteiger partial charge on any atom is 0.258 e. The first-order valence-electron chi connectivity index (χ1n) is 9.32. The Kier molecular flexibility index (Phi) is 4.89. The van der Waals surface area contributed by atoms with Crippen molar-refractivity contribution in [3.8, 4) is 5.75 Å². The van der Waals surface area contributed by atoms with E-state index in [0.29, 0.717) is 30.0 Å². The molecule has 0 spiro atoms. The topological polar surface area (TPSA) is 64.6 Å². The van der Waals surface area contributed by atoms with Gasteiger partial charge in [0.15, 0.2) is 12.4 Å². The summed E-state index contributed by atoms with van der Waals surface area (Å²) in [6, 6.07) is 6.86. The van der Waals surface area contributed by atoms with Crippen LogP contribution in [0.2, 0.25) is 5.02 Å². The summed E-state index contributed by atoms with van der Waals surface area (Å²) in [5.41, 5.74) is -0.149. The van der Waals surface area contributed by atoms with Crippen LogP contribution < -0.4 is 10.1 Å². The molecule has 0 radical (unpaired) electrons. The number of carbonyl (C=O) groups is 2. The molecule has 27 heavy (non-hydrogen) atoms. The second kappa shape index (κ2) is 7.06. The minimum atomic E-state index is -0.769. The summed E-state index contributed by atoms with van der Waals surface area (Å²) in [6.07, 6.45) is 2.92. The van der Waals surface area contributed by atoms with E-state index in [2.05, 4.69) is 5.32 Å². The molecule has 4 aliphatic rings. The summed E-state index contributed by atoms with van der Waals surface area (Å²) in [5, 5.41) is 3.65. The first-order chi connectivity index (χ1) is 12.9. The van der Waals surface area contributed by atoms with Gasteiger partial charge < -0.3 is 14.8 Å². The van der Waals surface area contributed by atoms with E-state index in [9.17, 15) is 14.0 Å². The molecular formula is C20H23ClFNO4. The lowest BCUT2D eigenvalue weighted by molar-refractivity contribution is -0.175. The average molecular weight is 396 g/mol. The average Bonchev–Trinajstić information content (AvgIpc) is 2.54. The Morgan fingerprint density at radius 3 is 2.44 bits per heavy atom. The van der Waals surface area contributed by atoms with Gasteiger partial charge in [0.25, 0.3) is 5.91 Å². The third-order valence-electron chi connectivity index (χ3n) is 5.82. The van der Waals surface area contributed by atoms with Crippen LogP contribution in [-0.2, 0) is 14.3 Å². The number of hydrogen-bond acceptors (Lipinski definition) is 4. The SMILES string of the molecule is O=C(COC1CC(F)C1)CC12CC(NC(=O)COc3ccc(Cl)cc3)(C1)C2. The van der Waals surface area contributed by atoms with Crippen LogP contribution in [0.15, 0.2) is 24.3 Å². The van der Waals surface area contributed by atoms with Crippen molar-refractivity contribution in [2.75, 3.05) is 13.2 Å². The van der Waals surface area contributed by atoms with E-state index in [-0.39, 0.29) is 42.0 Å². The van der Waals surface area contributed by atoms with Gasteiger partial charge in [-0.05, 0) is 48.9 Å².